The quantitative estimate of drug-likeness (QED) is 0.783. The number of hydrogen-bond acceptors (Lipinski definition) is 2. The summed E-state index contributed by atoms with van der Waals surface area (Å²) in [6, 6.07) is 16.6. The van der Waals surface area contributed by atoms with E-state index in [0.29, 0.717) is 0 Å². The Morgan fingerprint density at radius 1 is 0.938 bits per heavy atom. The Bertz CT molecular complexity index is 465. The van der Waals surface area contributed by atoms with Gasteiger partial charge in [-0.15, -0.1) is 0 Å². The van der Waals surface area contributed by atoms with E-state index in [2.05, 4.69) is 37.3 Å². The lowest BCUT2D eigenvalue weighted by Gasteiger charge is -2.07. The van der Waals surface area contributed by atoms with Crippen molar-refractivity contribution in [2.45, 2.75) is 16.7 Å². The maximum absolute atomic E-state index is 5.31. The molecule has 0 radical (unpaired) electrons. The summed E-state index contributed by atoms with van der Waals surface area (Å²) in [5.74, 6) is 0.945. The Balaban J connectivity index is 2.22. The van der Waals surface area contributed by atoms with Crippen LogP contribution in [-0.2, 0) is 0 Å². The summed E-state index contributed by atoms with van der Waals surface area (Å²) in [6.45, 7) is 2.05. The highest BCUT2D eigenvalue weighted by Gasteiger charge is 2.01. The molecule has 0 heterocycles. The maximum atomic E-state index is 5.31. The number of hydrogen-bond donors (Lipinski definition) is 0. The summed E-state index contributed by atoms with van der Waals surface area (Å²) < 4.78 is 5.31. The van der Waals surface area contributed by atoms with Crippen molar-refractivity contribution < 1.29 is 4.74 Å². The molecule has 2 heteroatoms. The Labute approximate surface area is 100 Å². The number of methoxy groups -OCH3 is 1. The van der Waals surface area contributed by atoms with Gasteiger partial charge in [0, 0.05) is 9.79 Å². The van der Waals surface area contributed by atoms with E-state index in [4.69, 9.17) is 4.74 Å². The van der Waals surface area contributed by atoms with E-state index in [9.17, 15) is 0 Å². The third kappa shape index (κ3) is 2.58. The van der Waals surface area contributed by atoms with Crippen molar-refractivity contribution in [1.29, 1.82) is 0 Å². The van der Waals surface area contributed by atoms with Crippen LogP contribution in [0.5, 0.6) is 5.75 Å². The fraction of sp³-hybridized carbons (Fsp3) is 0.143. The van der Waals surface area contributed by atoms with Crippen LogP contribution in [0.2, 0.25) is 0 Å². The molecule has 0 bridgehead atoms. The number of benzene rings is 2. The maximum Gasteiger partial charge on any atom is 0.122 e. The predicted octanol–water partition coefficient (Wildman–Crippen LogP) is 4.15. The van der Waals surface area contributed by atoms with Crippen molar-refractivity contribution in [3.8, 4) is 5.75 Å². The molecule has 2 aromatic carbocycles. The first-order valence-corrected chi connectivity index (χ1v) is 5.99. The fourth-order valence-corrected chi connectivity index (χ4v) is 2.36. The van der Waals surface area contributed by atoms with Gasteiger partial charge in [-0.1, -0.05) is 36.0 Å². The van der Waals surface area contributed by atoms with Crippen molar-refractivity contribution >= 4 is 11.8 Å². The van der Waals surface area contributed by atoms with Crippen LogP contribution in [-0.4, -0.2) is 7.11 Å². The molecule has 2 aromatic rings. The van der Waals surface area contributed by atoms with Crippen LogP contribution >= 0.6 is 11.8 Å². The highest BCUT2D eigenvalue weighted by molar-refractivity contribution is 7.99. The third-order valence-corrected chi connectivity index (χ3v) is 3.36. The van der Waals surface area contributed by atoms with Gasteiger partial charge in [0.1, 0.15) is 5.75 Å². The molecule has 0 aliphatic carbocycles. The van der Waals surface area contributed by atoms with E-state index >= 15 is 0 Å². The molecule has 1 nitrogen and oxygen atoms in total. The minimum Gasteiger partial charge on any atom is -0.496 e. The minimum absolute atomic E-state index is 0.945. The largest absolute Gasteiger partial charge is 0.496 e. The van der Waals surface area contributed by atoms with Crippen LogP contribution in [0.3, 0.4) is 0 Å². The highest BCUT2D eigenvalue weighted by atomic mass is 32.2. The molecule has 0 amide bonds. The topological polar surface area (TPSA) is 9.23 Å². The molecule has 0 aliphatic rings. The second-order valence-electron chi connectivity index (χ2n) is 3.55. The molecule has 0 N–H and O–H groups in total. The summed E-state index contributed by atoms with van der Waals surface area (Å²) in [7, 11) is 1.71. The smallest absolute Gasteiger partial charge is 0.122 e. The normalized spacial score (nSPS) is 10.1. The van der Waals surface area contributed by atoms with Crippen molar-refractivity contribution in [2.75, 3.05) is 7.11 Å². The van der Waals surface area contributed by atoms with Crippen LogP contribution in [0.4, 0.5) is 0 Å². The van der Waals surface area contributed by atoms with Crippen LogP contribution in [0.1, 0.15) is 5.56 Å². The Morgan fingerprint density at radius 3 is 2.38 bits per heavy atom. The average molecular weight is 230 g/mol. The lowest BCUT2D eigenvalue weighted by atomic mass is 10.2. The van der Waals surface area contributed by atoms with Crippen LogP contribution < -0.4 is 4.74 Å². The molecule has 0 atom stereocenters. The van der Waals surface area contributed by atoms with Gasteiger partial charge in [-0.3, -0.25) is 0 Å². The van der Waals surface area contributed by atoms with E-state index in [1.54, 1.807) is 18.9 Å². The number of rotatable bonds is 3. The molecule has 16 heavy (non-hydrogen) atoms. The van der Waals surface area contributed by atoms with Crippen molar-refractivity contribution in [1.82, 2.24) is 0 Å². The second kappa shape index (κ2) is 5.08. The molecule has 0 unspecified atom stereocenters. The lowest BCUT2D eigenvalue weighted by molar-refractivity contribution is 0.410. The van der Waals surface area contributed by atoms with Gasteiger partial charge in [-0.05, 0) is 36.8 Å². The summed E-state index contributed by atoms with van der Waals surface area (Å²) in [5, 5.41) is 0. The van der Waals surface area contributed by atoms with E-state index < -0.39 is 0 Å². The molecular formula is C14H14OS. The molecule has 0 saturated heterocycles. The molecule has 0 saturated carbocycles. The highest BCUT2D eigenvalue weighted by Crippen LogP contribution is 2.31. The molecular weight excluding hydrogens is 216 g/mol. The first kappa shape index (κ1) is 11.1. The van der Waals surface area contributed by atoms with Crippen molar-refractivity contribution in [2.24, 2.45) is 0 Å². The first-order chi connectivity index (χ1) is 7.79. The first-order valence-electron chi connectivity index (χ1n) is 5.17. The molecule has 0 spiro atoms. The van der Waals surface area contributed by atoms with Gasteiger partial charge in [0.15, 0.2) is 0 Å². The van der Waals surface area contributed by atoms with Crippen molar-refractivity contribution in [3.63, 3.8) is 0 Å². The summed E-state index contributed by atoms with van der Waals surface area (Å²) in [4.78, 5) is 2.45. The molecule has 0 aliphatic heterocycles. The van der Waals surface area contributed by atoms with E-state index in [1.165, 1.54) is 15.4 Å². The Morgan fingerprint density at radius 2 is 1.69 bits per heavy atom. The Hall–Kier alpha value is -1.41. The average Bonchev–Trinajstić information content (AvgIpc) is 2.33. The van der Waals surface area contributed by atoms with Gasteiger partial charge in [0.05, 0.1) is 7.11 Å². The van der Waals surface area contributed by atoms with Gasteiger partial charge in [0.2, 0.25) is 0 Å². The van der Waals surface area contributed by atoms with Gasteiger partial charge in [-0.2, -0.15) is 0 Å². The van der Waals surface area contributed by atoms with E-state index in [0.717, 1.165) is 5.75 Å². The number of aryl methyl sites for hydroxylation is 1. The van der Waals surface area contributed by atoms with Crippen molar-refractivity contribution in [3.05, 3.63) is 54.1 Å². The predicted molar refractivity (Wildman–Crippen MR) is 68.3 cm³/mol. The lowest BCUT2D eigenvalue weighted by Crippen LogP contribution is -1.86. The van der Waals surface area contributed by atoms with Gasteiger partial charge in [-0.25, -0.2) is 0 Å². The van der Waals surface area contributed by atoms with Crippen LogP contribution in [0.15, 0.2) is 58.3 Å². The zero-order valence-electron chi connectivity index (χ0n) is 9.44. The SMILES string of the molecule is COc1cc(Sc2ccccc2)ccc1C. The van der Waals surface area contributed by atoms with Crippen LogP contribution in [0, 0.1) is 6.92 Å². The standard InChI is InChI=1S/C14H14OS/c1-11-8-9-13(10-14(11)15-2)16-12-6-4-3-5-7-12/h3-10H,1-2H3. The molecule has 82 valence electrons. The Kier molecular flexibility index (Phi) is 3.52. The zero-order chi connectivity index (χ0) is 11.4. The minimum atomic E-state index is 0.945. The van der Waals surface area contributed by atoms with Crippen LogP contribution in [0.25, 0.3) is 0 Å². The molecule has 0 aromatic heterocycles. The molecule has 0 fully saturated rings. The summed E-state index contributed by atoms with van der Waals surface area (Å²) in [5.41, 5.74) is 1.17. The van der Waals surface area contributed by atoms with E-state index in [1.807, 2.05) is 18.2 Å². The third-order valence-electron chi connectivity index (χ3n) is 2.36. The fourth-order valence-electron chi connectivity index (χ4n) is 1.49. The van der Waals surface area contributed by atoms with E-state index in [-0.39, 0.29) is 0 Å². The zero-order valence-corrected chi connectivity index (χ0v) is 10.3. The summed E-state index contributed by atoms with van der Waals surface area (Å²) >= 11 is 1.75. The number of ether oxygens (including phenoxy) is 1. The van der Waals surface area contributed by atoms with Gasteiger partial charge in [0.25, 0.3) is 0 Å². The monoisotopic (exact) mass is 230 g/mol. The summed E-state index contributed by atoms with van der Waals surface area (Å²) in [6.07, 6.45) is 0. The molecule has 2 rings (SSSR count). The van der Waals surface area contributed by atoms with Gasteiger partial charge >= 0.3 is 0 Å². The van der Waals surface area contributed by atoms with Gasteiger partial charge < -0.3 is 4.74 Å². The second-order valence-corrected chi connectivity index (χ2v) is 4.69.